The fraction of sp³-hybridized carbons (Fsp3) is 0.880. The Morgan fingerprint density at radius 1 is 1.09 bits per heavy atom. The molecular formula is C25H53N6P. The largest absolute Gasteiger partial charge is 0.368 e. The lowest BCUT2D eigenvalue weighted by molar-refractivity contribution is 0.115. The molecule has 1 aliphatic rings. The van der Waals surface area contributed by atoms with Crippen LogP contribution < -0.4 is 11.1 Å². The van der Waals surface area contributed by atoms with Crippen LogP contribution in [-0.2, 0) is 0 Å². The molecule has 1 heterocycles. The molecule has 1 atom stereocenters. The molecule has 0 aliphatic carbocycles. The molecule has 1 aliphatic heterocycles. The maximum Gasteiger partial charge on any atom is 0.217 e. The number of piperidine rings is 1. The van der Waals surface area contributed by atoms with Gasteiger partial charge in [0.2, 0.25) is 5.96 Å². The van der Waals surface area contributed by atoms with Gasteiger partial charge in [0, 0.05) is 30.1 Å². The average Bonchev–Trinajstić information content (AvgIpc) is 2.54. The number of nitrogens with two attached hydrogens (primary N) is 1. The average molecular weight is 469 g/mol. The summed E-state index contributed by atoms with van der Waals surface area (Å²) in [6, 6.07) is 0.421. The summed E-state index contributed by atoms with van der Waals surface area (Å²) >= 11 is 0. The monoisotopic (exact) mass is 468 g/mol. The minimum atomic E-state index is -0.263. The van der Waals surface area contributed by atoms with Gasteiger partial charge in [-0.1, -0.05) is 41.3 Å². The fourth-order valence-corrected chi connectivity index (χ4v) is 4.90. The number of nitrogens with zero attached hydrogens (tertiary/aromatic N) is 4. The van der Waals surface area contributed by atoms with Gasteiger partial charge in [0.05, 0.1) is 11.9 Å². The zero-order valence-electron chi connectivity index (χ0n) is 23.3. The quantitative estimate of drug-likeness (QED) is 0.325. The Hall–Kier alpha value is -1.00. The Bertz CT molecular complexity index is 652. The van der Waals surface area contributed by atoms with Gasteiger partial charge >= 0.3 is 0 Å². The van der Waals surface area contributed by atoms with Crippen molar-refractivity contribution in [3.8, 4) is 0 Å². The number of amidine groups is 1. The van der Waals surface area contributed by atoms with Crippen molar-refractivity contribution in [1.82, 2.24) is 10.2 Å². The van der Waals surface area contributed by atoms with Gasteiger partial charge in [-0.3, -0.25) is 0 Å². The van der Waals surface area contributed by atoms with E-state index in [-0.39, 0.29) is 27.9 Å². The predicted molar refractivity (Wildman–Crippen MR) is 148 cm³/mol. The summed E-state index contributed by atoms with van der Waals surface area (Å²) in [6.45, 7) is 26.0. The minimum absolute atomic E-state index is 0.0964. The first kappa shape index (κ1) is 31.0. The van der Waals surface area contributed by atoms with Crippen molar-refractivity contribution >= 4 is 27.4 Å². The van der Waals surface area contributed by atoms with E-state index >= 15 is 0 Å². The third kappa shape index (κ3) is 12.3. The van der Waals surface area contributed by atoms with E-state index in [0.717, 1.165) is 19.3 Å². The van der Waals surface area contributed by atoms with Gasteiger partial charge in [-0.05, 0) is 66.2 Å². The maximum atomic E-state index is 6.20. The summed E-state index contributed by atoms with van der Waals surface area (Å²) in [7, 11) is 4.52. The second-order valence-electron chi connectivity index (χ2n) is 12.5. The van der Waals surface area contributed by atoms with E-state index in [2.05, 4.69) is 113 Å². The molecule has 1 rings (SSSR count). The molecule has 0 aromatic rings. The molecule has 0 radical (unpaired) electrons. The van der Waals surface area contributed by atoms with Gasteiger partial charge in [-0.25, -0.2) is 9.98 Å². The van der Waals surface area contributed by atoms with Crippen molar-refractivity contribution in [3.05, 3.63) is 0 Å². The van der Waals surface area contributed by atoms with Crippen molar-refractivity contribution in [2.24, 2.45) is 32.0 Å². The summed E-state index contributed by atoms with van der Waals surface area (Å²) < 4.78 is 0. The van der Waals surface area contributed by atoms with E-state index in [1.807, 2.05) is 13.0 Å². The van der Waals surface area contributed by atoms with E-state index < -0.39 is 0 Å². The number of nitrogens with one attached hydrogen (secondary N) is 1. The SMILES string of the molecule is CC(C)/C(N=CN(C)C1CC(C)(C)NC(C)(C)C1)=N/C(N)=NC(C)(C)CC(C)(C)C.CP. The molecule has 1 unspecified atom stereocenters. The van der Waals surface area contributed by atoms with E-state index in [4.69, 9.17) is 10.7 Å². The van der Waals surface area contributed by atoms with Crippen LogP contribution in [0.25, 0.3) is 0 Å². The number of guanidine groups is 1. The van der Waals surface area contributed by atoms with E-state index in [1.165, 1.54) is 0 Å². The van der Waals surface area contributed by atoms with Crippen molar-refractivity contribution < 1.29 is 0 Å². The normalized spacial score (nSPS) is 20.3. The second kappa shape index (κ2) is 11.9. The second-order valence-corrected chi connectivity index (χ2v) is 12.5. The van der Waals surface area contributed by atoms with Gasteiger partial charge in [0.25, 0.3) is 0 Å². The molecule has 188 valence electrons. The highest BCUT2D eigenvalue weighted by molar-refractivity contribution is 7.15. The number of rotatable bonds is 5. The molecule has 1 saturated heterocycles. The lowest BCUT2D eigenvalue weighted by atomic mass is 9.79. The van der Waals surface area contributed by atoms with Gasteiger partial charge in [0.1, 0.15) is 5.84 Å². The van der Waals surface area contributed by atoms with E-state index in [0.29, 0.717) is 17.8 Å². The van der Waals surface area contributed by atoms with Crippen LogP contribution in [0.3, 0.4) is 0 Å². The first-order chi connectivity index (χ1) is 14.3. The molecule has 0 saturated carbocycles. The highest BCUT2D eigenvalue weighted by atomic mass is 31.0. The summed E-state index contributed by atoms with van der Waals surface area (Å²) in [4.78, 5) is 16.2. The molecule has 3 N–H and O–H groups in total. The van der Waals surface area contributed by atoms with Crippen LogP contribution in [0, 0.1) is 11.3 Å². The predicted octanol–water partition coefficient (Wildman–Crippen LogP) is 5.33. The first-order valence-corrected chi connectivity index (χ1v) is 13.0. The summed E-state index contributed by atoms with van der Waals surface area (Å²) in [5.74, 6) is 1.18. The number of aliphatic imine (C=N–C) groups is 3. The van der Waals surface area contributed by atoms with Crippen molar-refractivity contribution in [1.29, 1.82) is 0 Å². The summed E-state index contributed by atoms with van der Waals surface area (Å²) in [6.07, 6.45) is 4.98. The van der Waals surface area contributed by atoms with Gasteiger partial charge < -0.3 is 16.0 Å². The number of hydrogen-bond acceptors (Lipinski definition) is 2. The molecule has 0 bridgehead atoms. The zero-order chi connectivity index (χ0) is 25.5. The van der Waals surface area contributed by atoms with Crippen LogP contribution >= 0.6 is 9.24 Å². The van der Waals surface area contributed by atoms with Crippen LogP contribution in [0.4, 0.5) is 0 Å². The highest BCUT2D eigenvalue weighted by Gasteiger charge is 2.38. The van der Waals surface area contributed by atoms with E-state index in [1.54, 1.807) is 0 Å². The third-order valence-corrected chi connectivity index (χ3v) is 5.24. The molecule has 1 fully saturated rings. The van der Waals surface area contributed by atoms with Crippen LogP contribution in [0.1, 0.15) is 95.4 Å². The minimum Gasteiger partial charge on any atom is -0.368 e. The molecule has 7 heteroatoms. The number of hydrogen-bond donors (Lipinski definition) is 2. The van der Waals surface area contributed by atoms with Crippen LogP contribution in [-0.4, -0.2) is 59.4 Å². The lowest BCUT2D eigenvalue weighted by Gasteiger charge is -2.48. The molecule has 6 nitrogen and oxygen atoms in total. The van der Waals surface area contributed by atoms with Gasteiger partial charge in [0.15, 0.2) is 0 Å². The van der Waals surface area contributed by atoms with Crippen LogP contribution in [0.2, 0.25) is 0 Å². The zero-order valence-corrected chi connectivity index (χ0v) is 24.5. The van der Waals surface area contributed by atoms with Gasteiger partial charge in [-0.15, -0.1) is 9.24 Å². The Labute approximate surface area is 201 Å². The van der Waals surface area contributed by atoms with Crippen molar-refractivity contribution in [3.63, 3.8) is 0 Å². The highest BCUT2D eigenvalue weighted by Crippen LogP contribution is 2.31. The van der Waals surface area contributed by atoms with Crippen molar-refractivity contribution in [2.75, 3.05) is 13.7 Å². The molecule has 0 spiro atoms. The molecule has 0 aromatic carbocycles. The molecular weight excluding hydrogens is 415 g/mol. The van der Waals surface area contributed by atoms with Crippen LogP contribution in [0.15, 0.2) is 15.0 Å². The molecule has 0 amide bonds. The Balaban J connectivity index is 0.00000466. The van der Waals surface area contributed by atoms with E-state index in [9.17, 15) is 0 Å². The molecule has 32 heavy (non-hydrogen) atoms. The van der Waals surface area contributed by atoms with Crippen LogP contribution in [0.5, 0.6) is 0 Å². The molecule has 0 aromatic heterocycles. The third-order valence-electron chi connectivity index (χ3n) is 5.24. The maximum absolute atomic E-state index is 6.20. The summed E-state index contributed by atoms with van der Waals surface area (Å²) in [5, 5.41) is 3.74. The smallest absolute Gasteiger partial charge is 0.217 e. The Morgan fingerprint density at radius 2 is 1.56 bits per heavy atom. The Morgan fingerprint density at radius 3 is 1.97 bits per heavy atom. The standard InChI is InChI=1S/C24H48N6.CH5P/c1-17(2)19(27-20(25)28-24(10,11)15-21(3,4)5)26-16-30(12)18-13-22(6,7)29-23(8,9)14-18;1-2/h16-18,29H,13-15H2,1-12H3,(H2,25,28);2H2,1H3/b26-16?,27-19-;. The fourth-order valence-electron chi connectivity index (χ4n) is 4.90. The van der Waals surface area contributed by atoms with Gasteiger partial charge in [-0.2, -0.15) is 4.99 Å². The lowest BCUT2D eigenvalue weighted by Crippen LogP contribution is -2.61. The Kier molecular flexibility index (Phi) is 11.6. The summed E-state index contributed by atoms with van der Waals surface area (Å²) in [5.41, 5.74) is 6.31. The topological polar surface area (TPSA) is 78.4 Å². The first-order valence-electron chi connectivity index (χ1n) is 11.9. The van der Waals surface area contributed by atoms with Crippen molar-refractivity contribution in [2.45, 2.75) is 118 Å².